The zero-order chi connectivity index (χ0) is 12.8. The highest BCUT2D eigenvalue weighted by Gasteiger charge is 2.13. The van der Waals surface area contributed by atoms with Crippen LogP contribution in [0.5, 0.6) is 0 Å². The molecule has 0 aromatic carbocycles. The molecule has 0 saturated heterocycles. The van der Waals surface area contributed by atoms with Crippen molar-refractivity contribution in [3.63, 3.8) is 0 Å². The second-order valence-corrected chi connectivity index (χ2v) is 4.18. The smallest absolute Gasteiger partial charge is 0.255 e. The van der Waals surface area contributed by atoms with Crippen LogP contribution in [0.3, 0.4) is 0 Å². The Labute approximate surface area is 101 Å². The van der Waals surface area contributed by atoms with E-state index in [0.29, 0.717) is 24.8 Å². The minimum atomic E-state index is -0.513. The standard InChI is InChI=1S/C12H18FN3O/c1-4-14-11-10(5-9(13)7-15-11)12(17)16-6-8(2)3/h5,7-8H,4,6H2,1-3H3,(H,14,15)(H,16,17). The third kappa shape index (κ3) is 4.01. The lowest BCUT2D eigenvalue weighted by atomic mass is 10.2. The van der Waals surface area contributed by atoms with Gasteiger partial charge in [-0.3, -0.25) is 4.79 Å². The number of pyridine rings is 1. The molecule has 0 saturated carbocycles. The molecule has 1 aromatic rings. The third-order valence-electron chi connectivity index (χ3n) is 2.11. The third-order valence-corrected chi connectivity index (χ3v) is 2.11. The SMILES string of the molecule is CCNc1ncc(F)cc1C(=O)NCC(C)C. The van der Waals surface area contributed by atoms with Crippen molar-refractivity contribution >= 4 is 11.7 Å². The van der Waals surface area contributed by atoms with Crippen molar-refractivity contribution in [2.45, 2.75) is 20.8 Å². The number of rotatable bonds is 5. The molecule has 1 rings (SSSR count). The first kappa shape index (κ1) is 13.4. The molecule has 0 fully saturated rings. The van der Waals surface area contributed by atoms with Crippen LogP contribution in [0.1, 0.15) is 31.1 Å². The fraction of sp³-hybridized carbons (Fsp3) is 0.500. The van der Waals surface area contributed by atoms with Gasteiger partial charge in [-0.05, 0) is 18.9 Å². The molecule has 0 atom stereocenters. The van der Waals surface area contributed by atoms with Crippen LogP contribution >= 0.6 is 0 Å². The molecule has 0 aliphatic carbocycles. The molecule has 1 heterocycles. The molecule has 4 nitrogen and oxygen atoms in total. The number of carbonyl (C=O) groups is 1. The minimum Gasteiger partial charge on any atom is -0.370 e. The van der Waals surface area contributed by atoms with Crippen LogP contribution in [-0.4, -0.2) is 24.0 Å². The Balaban J connectivity index is 2.86. The molecular formula is C12H18FN3O. The van der Waals surface area contributed by atoms with Gasteiger partial charge < -0.3 is 10.6 Å². The first-order valence-corrected chi connectivity index (χ1v) is 5.72. The molecule has 0 unspecified atom stereocenters. The van der Waals surface area contributed by atoms with E-state index in [1.54, 1.807) is 0 Å². The number of nitrogens with zero attached hydrogens (tertiary/aromatic N) is 1. The molecule has 0 spiro atoms. The summed E-state index contributed by atoms with van der Waals surface area (Å²) in [5.74, 6) is -0.0544. The number of hydrogen-bond donors (Lipinski definition) is 2. The van der Waals surface area contributed by atoms with Crippen LogP contribution in [0.2, 0.25) is 0 Å². The fourth-order valence-corrected chi connectivity index (χ4v) is 1.31. The predicted octanol–water partition coefficient (Wildman–Crippen LogP) is 2.04. The number of anilines is 1. The summed E-state index contributed by atoms with van der Waals surface area (Å²) < 4.78 is 13.1. The number of carbonyl (C=O) groups excluding carboxylic acids is 1. The van der Waals surface area contributed by atoms with Crippen LogP contribution in [0, 0.1) is 11.7 Å². The van der Waals surface area contributed by atoms with Crippen LogP contribution in [-0.2, 0) is 0 Å². The molecular weight excluding hydrogens is 221 g/mol. The van der Waals surface area contributed by atoms with Crippen molar-refractivity contribution in [2.24, 2.45) is 5.92 Å². The zero-order valence-corrected chi connectivity index (χ0v) is 10.4. The summed E-state index contributed by atoms with van der Waals surface area (Å²) in [6.45, 7) is 7.06. The topological polar surface area (TPSA) is 54.0 Å². The van der Waals surface area contributed by atoms with Crippen molar-refractivity contribution < 1.29 is 9.18 Å². The van der Waals surface area contributed by atoms with E-state index in [2.05, 4.69) is 15.6 Å². The summed E-state index contributed by atoms with van der Waals surface area (Å²) in [6.07, 6.45) is 1.09. The fourth-order valence-electron chi connectivity index (χ4n) is 1.31. The first-order valence-electron chi connectivity index (χ1n) is 5.72. The van der Waals surface area contributed by atoms with E-state index >= 15 is 0 Å². The predicted molar refractivity (Wildman–Crippen MR) is 65.5 cm³/mol. The van der Waals surface area contributed by atoms with E-state index in [1.165, 1.54) is 6.07 Å². The van der Waals surface area contributed by atoms with E-state index in [1.807, 2.05) is 20.8 Å². The van der Waals surface area contributed by atoms with Gasteiger partial charge in [0, 0.05) is 13.1 Å². The van der Waals surface area contributed by atoms with Crippen LogP contribution in [0.15, 0.2) is 12.3 Å². The Morgan fingerprint density at radius 3 is 2.82 bits per heavy atom. The number of halogens is 1. The summed E-state index contributed by atoms with van der Waals surface area (Å²) >= 11 is 0. The van der Waals surface area contributed by atoms with Gasteiger partial charge >= 0.3 is 0 Å². The summed E-state index contributed by atoms with van der Waals surface area (Å²) in [4.78, 5) is 15.7. The van der Waals surface area contributed by atoms with Crippen LogP contribution in [0.25, 0.3) is 0 Å². The Hall–Kier alpha value is -1.65. The number of hydrogen-bond acceptors (Lipinski definition) is 3. The highest BCUT2D eigenvalue weighted by atomic mass is 19.1. The molecule has 0 aliphatic heterocycles. The summed E-state index contributed by atoms with van der Waals surface area (Å²) in [5.41, 5.74) is 0.243. The quantitative estimate of drug-likeness (QED) is 0.826. The van der Waals surface area contributed by atoms with Crippen molar-refractivity contribution in [3.8, 4) is 0 Å². The maximum absolute atomic E-state index is 13.1. The van der Waals surface area contributed by atoms with Gasteiger partial charge in [-0.1, -0.05) is 13.8 Å². The molecule has 5 heteroatoms. The zero-order valence-electron chi connectivity index (χ0n) is 10.4. The largest absolute Gasteiger partial charge is 0.370 e. The van der Waals surface area contributed by atoms with E-state index in [0.717, 1.165) is 6.20 Å². The summed E-state index contributed by atoms with van der Waals surface area (Å²) in [7, 11) is 0. The van der Waals surface area contributed by atoms with Gasteiger partial charge in [-0.2, -0.15) is 0 Å². The molecule has 0 aliphatic rings. The lowest BCUT2D eigenvalue weighted by Gasteiger charge is -2.11. The Morgan fingerprint density at radius 2 is 2.24 bits per heavy atom. The Kier molecular flexibility index (Phi) is 4.87. The second-order valence-electron chi connectivity index (χ2n) is 4.18. The minimum absolute atomic E-state index is 0.243. The summed E-state index contributed by atoms with van der Waals surface area (Å²) in [5, 5.41) is 5.67. The monoisotopic (exact) mass is 239 g/mol. The van der Waals surface area contributed by atoms with Gasteiger partial charge in [-0.15, -0.1) is 0 Å². The number of nitrogens with one attached hydrogen (secondary N) is 2. The molecule has 0 radical (unpaired) electrons. The lowest BCUT2D eigenvalue weighted by Crippen LogP contribution is -2.28. The van der Waals surface area contributed by atoms with E-state index < -0.39 is 5.82 Å². The highest BCUT2D eigenvalue weighted by molar-refractivity contribution is 5.98. The first-order chi connectivity index (χ1) is 8.04. The number of amides is 1. The molecule has 0 bridgehead atoms. The van der Waals surface area contributed by atoms with Gasteiger partial charge in [0.05, 0.1) is 11.8 Å². The molecule has 2 N–H and O–H groups in total. The van der Waals surface area contributed by atoms with E-state index in [9.17, 15) is 9.18 Å². The Bertz CT molecular complexity index is 393. The van der Waals surface area contributed by atoms with Crippen molar-refractivity contribution in [1.29, 1.82) is 0 Å². The van der Waals surface area contributed by atoms with Crippen LogP contribution < -0.4 is 10.6 Å². The van der Waals surface area contributed by atoms with Gasteiger partial charge in [0.25, 0.3) is 5.91 Å². The van der Waals surface area contributed by atoms with Gasteiger partial charge in [-0.25, -0.2) is 9.37 Å². The molecule has 17 heavy (non-hydrogen) atoms. The van der Waals surface area contributed by atoms with E-state index in [4.69, 9.17) is 0 Å². The average Bonchev–Trinajstić information content (AvgIpc) is 2.28. The lowest BCUT2D eigenvalue weighted by molar-refractivity contribution is 0.0949. The normalized spacial score (nSPS) is 10.4. The van der Waals surface area contributed by atoms with Crippen molar-refractivity contribution in [1.82, 2.24) is 10.3 Å². The van der Waals surface area contributed by atoms with Gasteiger partial charge in [0.2, 0.25) is 0 Å². The second kappa shape index (κ2) is 6.18. The molecule has 1 aromatic heterocycles. The maximum Gasteiger partial charge on any atom is 0.255 e. The summed E-state index contributed by atoms with van der Waals surface area (Å²) in [6, 6.07) is 1.20. The van der Waals surface area contributed by atoms with Crippen LogP contribution in [0.4, 0.5) is 10.2 Å². The van der Waals surface area contributed by atoms with E-state index in [-0.39, 0.29) is 11.5 Å². The van der Waals surface area contributed by atoms with Crippen molar-refractivity contribution in [3.05, 3.63) is 23.6 Å². The number of aromatic nitrogens is 1. The highest BCUT2D eigenvalue weighted by Crippen LogP contribution is 2.13. The van der Waals surface area contributed by atoms with Gasteiger partial charge in [0.1, 0.15) is 11.6 Å². The molecule has 1 amide bonds. The van der Waals surface area contributed by atoms with Crippen molar-refractivity contribution in [2.75, 3.05) is 18.4 Å². The molecule has 94 valence electrons. The Morgan fingerprint density at radius 1 is 1.53 bits per heavy atom. The maximum atomic E-state index is 13.1. The average molecular weight is 239 g/mol. The van der Waals surface area contributed by atoms with Gasteiger partial charge in [0.15, 0.2) is 0 Å².